The van der Waals surface area contributed by atoms with Crippen molar-refractivity contribution >= 4 is 23.5 Å². The number of aliphatic hydroxyl groups is 1. The van der Waals surface area contributed by atoms with Crippen molar-refractivity contribution in [2.45, 2.75) is 38.7 Å². The lowest BCUT2D eigenvalue weighted by Gasteiger charge is -2.21. The van der Waals surface area contributed by atoms with Gasteiger partial charge in [-0.05, 0) is 38.1 Å². The van der Waals surface area contributed by atoms with E-state index in [1.807, 2.05) is 0 Å². The Balaban J connectivity index is 0.000000303. The van der Waals surface area contributed by atoms with Crippen LogP contribution in [0, 0.1) is 0 Å². The highest BCUT2D eigenvalue weighted by molar-refractivity contribution is 6.07. The third-order valence-electron chi connectivity index (χ3n) is 5.81. The molecule has 0 spiro atoms. The lowest BCUT2D eigenvalue weighted by atomic mass is 10.2. The summed E-state index contributed by atoms with van der Waals surface area (Å²) in [7, 11) is 5.24. The number of pyridine rings is 2. The molecule has 17 heteroatoms. The number of alkyl halides is 6. The van der Waals surface area contributed by atoms with Gasteiger partial charge in [0.2, 0.25) is 0 Å². The number of aliphatic hydroxyl groups excluding tert-OH is 1. The fourth-order valence-electron chi connectivity index (χ4n) is 3.74. The van der Waals surface area contributed by atoms with Crippen LogP contribution in [0.5, 0.6) is 0 Å². The fourth-order valence-corrected chi connectivity index (χ4v) is 3.74. The van der Waals surface area contributed by atoms with Crippen molar-refractivity contribution in [1.82, 2.24) is 9.97 Å². The van der Waals surface area contributed by atoms with E-state index in [1.54, 1.807) is 0 Å². The van der Waals surface area contributed by atoms with E-state index in [0.29, 0.717) is 11.6 Å². The SMILES string of the molecule is CO/C(C(=O)Nc1cc(C(F)(F)F)ccn1)=C(/C)C(OC)OC.COC1=C(C)C(O)N(c2cc(C(F)(F)F)ccn2)C1=O. The standard InChI is InChI=1S/C14H17F3N2O4.C12H11F3N2O3/c1-8(13(22-3)23-4)11(21-2)12(20)19-10-7-9(5-6-18-10)14(15,16)17;1-6-9(20-2)11(19)17(10(6)18)8-5-7(3-4-16-8)12(13,14)15/h5-7,13H,1-4H3,(H,18,19,20);3-5,10,18H,1-2H3/b11-8-;. The zero-order chi connectivity index (χ0) is 32.7. The first-order chi connectivity index (χ1) is 20.0. The minimum atomic E-state index is -4.56. The van der Waals surface area contributed by atoms with Gasteiger partial charge in [0.05, 0.1) is 25.3 Å². The van der Waals surface area contributed by atoms with Crippen molar-refractivity contribution in [2.75, 3.05) is 38.7 Å². The summed E-state index contributed by atoms with van der Waals surface area (Å²) in [5.41, 5.74) is -1.33. The highest BCUT2D eigenvalue weighted by Crippen LogP contribution is 2.34. The maximum Gasteiger partial charge on any atom is 0.416 e. The van der Waals surface area contributed by atoms with Gasteiger partial charge in [0.1, 0.15) is 11.6 Å². The van der Waals surface area contributed by atoms with E-state index in [9.17, 15) is 41.0 Å². The molecule has 2 N–H and O–H groups in total. The van der Waals surface area contributed by atoms with Crippen molar-refractivity contribution in [2.24, 2.45) is 0 Å². The second-order valence-corrected chi connectivity index (χ2v) is 8.57. The Hall–Kier alpha value is -4.22. The second kappa shape index (κ2) is 14.3. The molecular formula is C26H28F6N4O7. The second-order valence-electron chi connectivity index (χ2n) is 8.57. The Morgan fingerprint density at radius 3 is 1.98 bits per heavy atom. The number of aromatic nitrogens is 2. The van der Waals surface area contributed by atoms with E-state index in [0.717, 1.165) is 35.5 Å². The number of hydrogen-bond donors (Lipinski definition) is 2. The summed E-state index contributed by atoms with van der Waals surface area (Å²) in [6, 6.07) is 3.02. The average molecular weight is 623 g/mol. The molecule has 236 valence electrons. The molecule has 1 aliphatic rings. The number of amides is 2. The number of halogens is 6. The molecule has 43 heavy (non-hydrogen) atoms. The average Bonchev–Trinajstić information content (AvgIpc) is 3.16. The topological polar surface area (TPSA) is 132 Å². The molecule has 0 aromatic carbocycles. The molecule has 0 bridgehead atoms. The molecule has 1 atom stereocenters. The zero-order valence-electron chi connectivity index (χ0n) is 23.6. The van der Waals surface area contributed by atoms with Gasteiger partial charge in [-0.3, -0.25) is 14.5 Å². The molecule has 11 nitrogen and oxygen atoms in total. The number of carbonyl (C=O) groups excluding carboxylic acids is 2. The molecule has 0 saturated carbocycles. The van der Waals surface area contributed by atoms with Gasteiger partial charge in [-0.1, -0.05) is 0 Å². The molecule has 0 aliphatic carbocycles. The molecule has 1 unspecified atom stereocenters. The molecule has 2 aromatic rings. The molecule has 2 aromatic heterocycles. The third kappa shape index (κ3) is 8.42. The number of rotatable bonds is 8. The predicted octanol–water partition coefficient (Wildman–Crippen LogP) is 4.26. The minimum absolute atomic E-state index is 0.100. The van der Waals surface area contributed by atoms with E-state index in [1.165, 1.54) is 42.3 Å². The van der Waals surface area contributed by atoms with Crippen LogP contribution in [0.3, 0.4) is 0 Å². The first kappa shape index (κ1) is 35.0. The Morgan fingerprint density at radius 1 is 0.977 bits per heavy atom. The maximum atomic E-state index is 12.6. The Labute approximate surface area is 241 Å². The minimum Gasteiger partial charge on any atom is -0.491 e. The van der Waals surface area contributed by atoms with Crippen molar-refractivity contribution in [3.8, 4) is 0 Å². The van der Waals surface area contributed by atoms with Crippen LogP contribution in [0.25, 0.3) is 0 Å². The summed E-state index contributed by atoms with van der Waals surface area (Å²) < 4.78 is 95.7. The van der Waals surface area contributed by atoms with Crippen LogP contribution in [-0.4, -0.2) is 67.8 Å². The van der Waals surface area contributed by atoms with Crippen LogP contribution in [0.15, 0.2) is 59.3 Å². The van der Waals surface area contributed by atoms with E-state index in [-0.39, 0.29) is 28.7 Å². The molecule has 3 rings (SSSR count). The number of hydrogen-bond acceptors (Lipinski definition) is 9. The molecule has 1 aliphatic heterocycles. The van der Waals surface area contributed by atoms with Crippen LogP contribution >= 0.6 is 0 Å². The van der Waals surface area contributed by atoms with Crippen molar-refractivity contribution in [3.05, 3.63) is 70.5 Å². The number of anilines is 2. The van der Waals surface area contributed by atoms with E-state index in [2.05, 4.69) is 15.3 Å². The van der Waals surface area contributed by atoms with E-state index < -0.39 is 47.8 Å². The smallest absolute Gasteiger partial charge is 0.416 e. The quantitative estimate of drug-likeness (QED) is 0.192. The van der Waals surface area contributed by atoms with Gasteiger partial charge in [-0.15, -0.1) is 0 Å². The van der Waals surface area contributed by atoms with Gasteiger partial charge in [0.15, 0.2) is 24.0 Å². The number of carbonyl (C=O) groups is 2. The largest absolute Gasteiger partial charge is 0.491 e. The van der Waals surface area contributed by atoms with Gasteiger partial charge in [0, 0.05) is 37.8 Å². The first-order valence-corrected chi connectivity index (χ1v) is 12.0. The monoisotopic (exact) mass is 622 g/mol. The predicted molar refractivity (Wildman–Crippen MR) is 138 cm³/mol. The van der Waals surface area contributed by atoms with Crippen LogP contribution in [0.1, 0.15) is 25.0 Å². The molecule has 0 fully saturated rings. The summed E-state index contributed by atoms with van der Waals surface area (Å²) in [5, 5.41) is 12.2. The van der Waals surface area contributed by atoms with Crippen molar-refractivity contribution in [3.63, 3.8) is 0 Å². The van der Waals surface area contributed by atoms with Crippen LogP contribution < -0.4 is 10.2 Å². The highest BCUT2D eigenvalue weighted by atomic mass is 19.4. The highest BCUT2D eigenvalue weighted by Gasteiger charge is 2.40. The summed E-state index contributed by atoms with van der Waals surface area (Å²) in [6.07, 6.45) is -9.43. The summed E-state index contributed by atoms with van der Waals surface area (Å²) in [6.45, 7) is 2.99. The lowest BCUT2D eigenvalue weighted by Crippen LogP contribution is -2.36. The first-order valence-electron chi connectivity index (χ1n) is 12.0. The number of ether oxygens (including phenoxy) is 4. The molecule has 2 amide bonds. The van der Waals surface area contributed by atoms with Gasteiger partial charge >= 0.3 is 12.4 Å². The molecule has 0 radical (unpaired) electrons. The summed E-state index contributed by atoms with van der Waals surface area (Å²) in [4.78, 5) is 32.3. The molecule has 3 heterocycles. The van der Waals surface area contributed by atoms with E-state index in [4.69, 9.17) is 18.9 Å². The third-order valence-corrected chi connectivity index (χ3v) is 5.81. The normalized spacial score (nSPS) is 16.1. The van der Waals surface area contributed by atoms with Crippen molar-refractivity contribution in [1.29, 1.82) is 0 Å². The number of methoxy groups -OCH3 is 4. The summed E-state index contributed by atoms with van der Waals surface area (Å²) >= 11 is 0. The maximum absolute atomic E-state index is 12.6. The van der Waals surface area contributed by atoms with Gasteiger partial charge < -0.3 is 29.4 Å². The fraction of sp³-hybridized carbons (Fsp3) is 0.385. The van der Waals surface area contributed by atoms with Crippen LogP contribution in [0.4, 0.5) is 38.0 Å². The van der Waals surface area contributed by atoms with Gasteiger partial charge in [-0.2, -0.15) is 26.3 Å². The van der Waals surface area contributed by atoms with Gasteiger partial charge in [-0.25, -0.2) is 9.97 Å². The molecular weight excluding hydrogens is 594 g/mol. The Bertz CT molecular complexity index is 1370. The lowest BCUT2D eigenvalue weighted by molar-refractivity contribution is -0.138. The Kier molecular flexibility index (Phi) is 11.6. The van der Waals surface area contributed by atoms with Crippen molar-refractivity contribution < 1.29 is 60.0 Å². The number of nitrogens with one attached hydrogen (secondary N) is 1. The summed E-state index contributed by atoms with van der Waals surface area (Å²) in [5.74, 6) is -2.28. The van der Waals surface area contributed by atoms with Crippen LogP contribution in [-0.2, 0) is 40.9 Å². The van der Waals surface area contributed by atoms with Crippen LogP contribution in [0.2, 0.25) is 0 Å². The molecule has 0 saturated heterocycles. The number of nitrogens with zero attached hydrogens (tertiary/aromatic N) is 3. The zero-order valence-corrected chi connectivity index (χ0v) is 23.6. The van der Waals surface area contributed by atoms with Gasteiger partial charge in [0.25, 0.3) is 11.8 Å². The Morgan fingerprint density at radius 2 is 1.51 bits per heavy atom. The van der Waals surface area contributed by atoms with E-state index >= 15 is 0 Å².